The third-order valence-electron chi connectivity index (χ3n) is 2.82. The monoisotopic (exact) mass is 253 g/mol. The van der Waals surface area contributed by atoms with E-state index in [1.165, 1.54) is 0 Å². The molecule has 1 rings (SSSR count). The maximum atomic E-state index is 9.97. The first-order chi connectivity index (χ1) is 8.58. The number of nitrogens with two attached hydrogens (primary N) is 1. The van der Waals surface area contributed by atoms with Crippen LogP contribution in [0.4, 0.5) is 0 Å². The summed E-state index contributed by atoms with van der Waals surface area (Å²) in [6.45, 7) is 2.61. The third kappa shape index (κ3) is 4.20. The molecule has 0 heterocycles. The van der Waals surface area contributed by atoms with E-state index in [1.54, 1.807) is 20.3 Å². The van der Waals surface area contributed by atoms with Crippen molar-refractivity contribution in [2.45, 2.75) is 32.2 Å². The summed E-state index contributed by atoms with van der Waals surface area (Å²) in [5.74, 6) is 1.10. The van der Waals surface area contributed by atoms with Crippen molar-refractivity contribution in [2.24, 2.45) is 5.73 Å². The number of hydrogen-bond acceptors (Lipinski definition) is 4. The van der Waals surface area contributed by atoms with Crippen molar-refractivity contribution >= 4 is 0 Å². The molecule has 4 heteroatoms. The van der Waals surface area contributed by atoms with Crippen LogP contribution in [-0.2, 0) is 17.6 Å². The topological polar surface area (TPSA) is 64.7 Å². The molecule has 102 valence electrons. The molecular weight excluding hydrogens is 230 g/mol. The molecule has 18 heavy (non-hydrogen) atoms. The van der Waals surface area contributed by atoms with E-state index in [9.17, 15) is 5.11 Å². The van der Waals surface area contributed by atoms with Gasteiger partial charge in [0.2, 0.25) is 0 Å². The zero-order valence-electron chi connectivity index (χ0n) is 11.4. The van der Waals surface area contributed by atoms with E-state index >= 15 is 0 Å². The lowest BCUT2D eigenvalue weighted by Crippen LogP contribution is -2.18. The summed E-state index contributed by atoms with van der Waals surface area (Å²) in [5.41, 5.74) is 7.58. The fraction of sp³-hybridized carbons (Fsp3) is 0.571. The zero-order valence-corrected chi connectivity index (χ0v) is 11.4. The second-order valence-corrected chi connectivity index (χ2v) is 4.57. The molecule has 1 aromatic rings. The minimum absolute atomic E-state index is 0.0138. The van der Waals surface area contributed by atoms with E-state index < -0.39 is 0 Å². The Morgan fingerprint density at radius 2 is 2.00 bits per heavy atom. The summed E-state index contributed by atoms with van der Waals surface area (Å²) in [7, 11) is 3.32. The molecule has 1 aromatic carbocycles. The highest BCUT2D eigenvalue weighted by Crippen LogP contribution is 2.29. The van der Waals surface area contributed by atoms with Gasteiger partial charge < -0.3 is 20.3 Å². The molecule has 0 aromatic heterocycles. The van der Waals surface area contributed by atoms with Crippen LogP contribution in [-0.4, -0.2) is 32.0 Å². The van der Waals surface area contributed by atoms with Gasteiger partial charge in [0.25, 0.3) is 0 Å². The lowest BCUT2D eigenvalue weighted by molar-refractivity contribution is 0.195. The third-order valence-corrected chi connectivity index (χ3v) is 2.82. The summed E-state index contributed by atoms with van der Waals surface area (Å²) in [4.78, 5) is 0. The van der Waals surface area contributed by atoms with Crippen molar-refractivity contribution in [3.05, 3.63) is 23.3 Å². The van der Waals surface area contributed by atoms with Crippen molar-refractivity contribution < 1.29 is 14.6 Å². The van der Waals surface area contributed by atoms with Gasteiger partial charge in [-0.2, -0.15) is 0 Å². The van der Waals surface area contributed by atoms with Crippen LogP contribution in [0.5, 0.6) is 11.5 Å². The van der Waals surface area contributed by atoms with Gasteiger partial charge in [0.1, 0.15) is 11.5 Å². The summed E-state index contributed by atoms with van der Waals surface area (Å²) in [6, 6.07) is 3.66. The van der Waals surface area contributed by atoms with Crippen molar-refractivity contribution in [3.63, 3.8) is 0 Å². The number of phenols is 1. The minimum atomic E-state index is 0.0138. The van der Waals surface area contributed by atoms with Gasteiger partial charge in [-0.25, -0.2) is 0 Å². The molecule has 0 aliphatic carbocycles. The predicted molar refractivity (Wildman–Crippen MR) is 72.2 cm³/mol. The molecular formula is C14H23NO3. The number of rotatable bonds is 7. The number of aromatic hydroxyl groups is 1. The van der Waals surface area contributed by atoms with E-state index in [1.807, 2.05) is 13.0 Å². The number of hydrogen-bond donors (Lipinski definition) is 2. The highest BCUT2D eigenvalue weighted by atomic mass is 16.5. The highest BCUT2D eigenvalue weighted by molar-refractivity contribution is 5.46. The first-order valence-electron chi connectivity index (χ1n) is 6.21. The van der Waals surface area contributed by atoms with Gasteiger partial charge in [0, 0.05) is 19.8 Å². The lowest BCUT2D eigenvalue weighted by Gasteiger charge is -2.14. The number of ether oxygens (including phenoxy) is 2. The van der Waals surface area contributed by atoms with Crippen LogP contribution in [0.2, 0.25) is 0 Å². The first kappa shape index (κ1) is 14.8. The molecule has 0 unspecified atom stereocenters. The maximum absolute atomic E-state index is 9.97. The molecule has 0 amide bonds. The standard InChI is InChI=1S/C14H23NO3/c1-10(15)7-12-9-14(18-3)11(8-13(12)16)5-4-6-17-2/h8-10,16H,4-7,15H2,1-3H3/t10-/m1/s1. The Labute approximate surface area is 109 Å². The average Bonchev–Trinajstić information content (AvgIpc) is 2.32. The van der Waals surface area contributed by atoms with E-state index in [-0.39, 0.29) is 6.04 Å². The van der Waals surface area contributed by atoms with Crippen molar-refractivity contribution in [1.82, 2.24) is 0 Å². The van der Waals surface area contributed by atoms with Gasteiger partial charge in [-0.05, 0) is 49.4 Å². The zero-order chi connectivity index (χ0) is 13.5. The van der Waals surface area contributed by atoms with Crippen LogP contribution in [0.3, 0.4) is 0 Å². The molecule has 0 fully saturated rings. The largest absolute Gasteiger partial charge is 0.508 e. The van der Waals surface area contributed by atoms with Crippen molar-refractivity contribution in [1.29, 1.82) is 0 Å². The summed E-state index contributed by atoms with van der Waals surface area (Å²) >= 11 is 0. The molecule has 0 saturated carbocycles. The van der Waals surface area contributed by atoms with Crippen LogP contribution in [0, 0.1) is 0 Å². The summed E-state index contributed by atoms with van der Waals surface area (Å²) in [5, 5.41) is 9.97. The number of benzene rings is 1. The molecule has 0 aliphatic heterocycles. The average molecular weight is 253 g/mol. The van der Waals surface area contributed by atoms with Gasteiger partial charge >= 0.3 is 0 Å². The first-order valence-corrected chi connectivity index (χ1v) is 6.21. The van der Waals surface area contributed by atoms with E-state index in [2.05, 4.69) is 0 Å². The molecule has 0 aliphatic rings. The van der Waals surface area contributed by atoms with Crippen LogP contribution in [0.1, 0.15) is 24.5 Å². The lowest BCUT2D eigenvalue weighted by atomic mass is 10.0. The minimum Gasteiger partial charge on any atom is -0.508 e. The van der Waals surface area contributed by atoms with Gasteiger partial charge in [0.15, 0.2) is 0 Å². The van der Waals surface area contributed by atoms with Crippen LogP contribution >= 0.6 is 0 Å². The number of aryl methyl sites for hydroxylation is 1. The Morgan fingerprint density at radius 3 is 2.56 bits per heavy atom. The Balaban J connectivity index is 2.88. The van der Waals surface area contributed by atoms with E-state index in [4.69, 9.17) is 15.2 Å². The molecule has 4 nitrogen and oxygen atoms in total. The van der Waals surface area contributed by atoms with E-state index in [0.717, 1.165) is 29.7 Å². The molecule has 0 spiro atoms. The Bertz CT molecular complexity index is 378. The molecule has 0 saturated heterocycles. The molecule has 1 atom stereocenters. The Hall–Kier alpha value is -1.26. The van der Waals surface area contributed by atoms with Crippen LogP contribution in [0.25, 0.3) is 0 Å². The Kier molecular flexibility index (Phi) is 5.95. The fourth-order valence-electron chi connectivity index (χ4n) is 1.96. The maximum Gasteiger partial charge on any atom is 0.122 e. The second kappa shape index (κ2) is 7.24. The van der Waals surface area contributed by atoms with Crippen molar-refractivity contribution in [3.8, 4) is 11.5 Å². The number of phenolic OH excluding ortho intramolecular Hbond substituents is 1. The smallest absolute Gasteiger partial charge is 0.122 e. The van der Waals surface area contributed by atoms with Gasteiger partial charge in [-0.15, -0.1) is 0 Å². The molecule has 3 N–H and O–H groups in total. The quantitative estimate of drug-likeness (QED) is 0.728. The van der Waals surface area contributed by atoms with Crippen molar-refractivity contribution in [2.75, 3.05) is 20.8 Å². The molecule has 0 radical (unpaired) electrons. The van der Waals surface area contributed by atoms with Gasteiger partial charge in [0.05, 0.1) is 7.11 Å². The predicted octanol–water partition coefficient (Wildman–Crippen LogP) is 1.87. The normalized spacial score (nSPS) is 12.4. The SMILES string of the molecule is COCCCc1cc(O)c(C[C@@H](C)N)cc1OC. The van der Waals surface area contributed by atoms with Crippen LogP contribution in [0.15, 0.2) is 12.1 Å². The van der Waals surface area contributed by atoms with Crippen LogP contribution < -0.4 is 10.5 Å². The second-order valence-electron chi connectivity index (χ2n) is 4.57. The highest BCUT2D eigenvalue weighted by Gasteiger charge is 2.11. The van der Waals surface area contributed by atoms with E-state index in [0.29, 0.717) is 18.8 Å². The Morgan fingerprint density at radius 1 is 1.28 bits per heavy atom. The molecule has 0 bridgehead atoms. The number of methoxy groups -OCH3 is 2. The van der Waals surface area contributed by atoms with Gasteiger partial charge in [-0.1, -0.05) is 0 Å². The fourth-order valence-corrected chi connectivity index (χ4v) is 1.96. The summed E-state index contributed by atoms with van der Waals surface area (Å²) in [6.07, 6.45) is 2.36. The summed E-state index contributed by atoms with van der Waals surface area (Å²) < 4.78 is 10.4. The van der Waals surface area contributed by atoms with Gasteiger partial charge in [-0.3, -0.25) is 0 Å².